The molecule has 0 spiro atoms. The number of phenols is 1. The van der Waals surface area contributed by atoms with Gasteiger partial charge in [0, 0.05) is 23.6 Å². The summed E-state index contributed by atoms with van der Waals surface area (Å²) in [5.74, 6) is -0.615. The highest BCUT2D eigenvalue weighted by Gasteiger charge is 2.21. The van der Waals surface area contributed by atoms with E-state index in [1.807, 2.05) is 0 Å². The second kappa shape index (κ2) is 4.70. The van der Waals surface area contributed by atoms with Gasteiger partial charge in [-0.05, 0) is 19.1 Å². The van der Waals surface area contributed by atoms with Gasteiger partial charge in [-0.1, -0.05) is 6.07 Å². The Balaban J connectivity index is 3.31. The van der Waals surface area contributed by atoms with Crippen LogP contribution >= 0.6 is 23.6 Å². The lowest BCUT2D eigenvalue weighted by Gasteiger charge is -2.14. The van der Waals surface area contributed by atoms with Crippen LogP contribution in [0.15, 0.2) is 18.2 Å². The minimum absolute atomic E-state index is 0.0255. The summed E-state index contributed by atoms with van der Waals surface area (Å²) in [5.41, 5.74) is 5.67. The minimum atomic E-state index is -0.731. The standard InChI is InChI=1S/C9H10Cl2N2O2/c1-5(12)9(15)8-6(13(10)11)3-2-4-7(8)14/h2-5,14H,12H2,1H3. The number of rotatable bonds is 3. The van der Waals surface area contributed by atoms with E-state index in [1.165, 1.54) is 25.1 Å². The largest absolute Gasteiger partial charge is 0.507 e. The van der Waals surface area contributed by atoms with Gasteiger partial charge in [0.05, 0.1) is 17.3 Å². The van der Waals surface area contributed by atoms with E-state index in [1.54, 1.807) is 0 Å². The Morgan fingerprint density at radius 2 is 2.13 bits per heavy atom. The number of nitrogens with two attached hydrogens (primary N) is 1. The molecule has 0 fully saturated rings. The Labute approximate surface area is 97.4 Å². The van der Waals surface area contributed by atoms with Crippen molar-refractivity contribution >= 4 is 35.0 Å². The molecule has 1 unspecified atom stereocenters. The summed E-state index contributed by atoms with van der Waals surface area (Å²) in [7, 11) is 0. The molecule has 15 heavy (non-hydrogen) atoms. The van der Waals surface area contributed by atoms with Crippen LogP contribution in [-0.2, 0) is 0 Å². The number of carbonyl (C=O) groups is 1. The molecule has 0 aliphatic rings. The Hall–Kier alpha value is -0.970. The maximum Gasteiger partial charge on any atom is 0.185 e. The molecule has 0 radical (unpaired) electrons. The highest BCUT2D eigenvalue weighted by molar-refractivity contribution is 6.50. The second-order valence-corrected chi connectivity index (χ2v) is 3.91. The number of anilines is 1. The van der Waals surface area contributed by atoms with E-state index >= 15 is 0 Å². The van der Waals surface area contributed by atoms with E-state index in [0.717, 1.165) is 3.94 Å². The van der Waals surface area contributed by atoms with Gasteiger partial charge in [-0.25, -0.2) is 0 Å². The molecular weight excluding hydrogens is 239 g/mol. The van der Waals surface area contributed by atoms with Crippen LogP contribution < -0.4 is 9.67 Å². The maximum absolute atomic E-state index is 11.7. The zero-order valence-corrected chi connectivity index (χ0v) is 9.46. The Morgan fingerprint density at radius 3 is 2.60 bits per heavy atom. The number of hydrogen-bond acceptors (Lipinski definition) is 4. The van der Waals surface area contributed by atoms with E-state index in [4.69, 9.17) is 29.3 Å². The molecule has 1 atom stereocenters. The van der Waals surface area contributed by atoms with Crippen LogP contribution in [0.2, 0.25) is 0 Å². The first-order chi connectivity index (χ1) is 6.95. The fourth-order valence-electron chi connectivity index (χ4n) is 1.15. The van der Waals surface area contributed by atoms with Crippen molar-refractivity contribution in [3.05, 3.63) is 23.8 Å². The molecule has 82 valence electrons. The van der Waals surface area contributed by atoms with E-state index in [0.29, 0.717) is 0 Å². The molecule has 1 aromatic rings. The van der Waals surface area contributed by atoms with Gasteiger partial charge in [0.15, 0.2) is 5.78 Å². The van der Waals surface area contributed by atoms with Crippen molar-refractivity contribution in [2.45, 2.75) is 13.0 Å². The van der Waals surface area contributed by atoms with Crippen LogP contribution in [0.5, 0.6) is 5.75 Å². The van der Waals surface area contributed by atoms with Crippen LogP contribution in [0.25, 0.3) is 0 Å². The van der Waals surface area contributed by atoms with Crippen molar-refractivity contribution in [2.24, 2.45) is 5.73 Å². The molecule has 0 heterocycles. The summed E-state index contributed by atoms with van der Waals surface area (Å²) >= 11 is 11.0. The van der Waals surface area contributed by atoms with Crippen LogP contribution in [-0.4, -0.2) is 16.9 Å². The number of phenolic OH excluding ortho intramolecular Hbond substituents is 1. The predicted octanol–water partition coefficient (Wildman–Crippen LogP) is 2.04. The van der Waals surface area contributed by atoms with Crippen LogP contribution in [0.3, 0.4) is 0 Å². The summed E-state index contributed by atoms with van der Waals surface area (Å²) in [6, 6.07) is 3.68. The Morgan fingerprint density at radius 1 is 1.53 bits per heavy atom. The monoisotopic (exact) mass is 248 g/mol. The van der Waals surface area contributed by atoms with E-state index in [-0.39, 0.29) is 17.0 Å². The van der Waals surface area contributed by atoms with Crippen molar-refractivity contribution in [3.8, 4) is 5.75 Å². The van der Waals surface area contributed by atoms with Gasteiger partial charge < -0.3 is 10.8 Å². The van der Waals surface area contributed by atoms with E-state index in [9.17, 15) is 9.90 Å². The Bertz CT molecular complexity index is 380. The molecule has 3 N–H and O–H groups in total. The lowest BCUT2D eigenvalue weighted by molar-refractivity contribution is 0.0966. The third-order valence-corrected chi connectivity index (χ3v) is 2.23. The van der Waals surface area contributed by atoms with Gasteiger partial charge in [-0.3, -0.25) is 4.79 Å². The number of Topliss-reactive ketones (excluding diaryl/α,β-unsaturated/α-hetero) is 1. The highest BCUT2D eigenvalue weighted by atomic mass is 35.5. The van der Waals surface area contributed by atoms with Gasteiger partial charge in [-0.15, -0.1) is 0 Å². The van der Waals surface area contributed by atoms with Crippen molar-refractivity contribution < 1.29 is 9.90 Å². The lowest BCUT2D eigenvalue weighted by atomic mass is 10.0. The van der Waals surface area contributed by atoms with Crippen LogP contribution in [0.1, 0.15) is 17.3 Å². The SMILES string of the molecule is CC(N)C(=O)c1c(O)cccc1N(Cl)Cl. The van der Waals surface area contributed by atoms with Crippen LogP contribution in [0.4, 0.5) is 5.69 Å². The first-order valence-electron chi connectivity index (χ1n) is 4.18. The zero-order valence-electron chi connectivity index (χ0n) is 7.95. The molecule has 0 saturated heterocycles. The van der Waals surface area contributed by atoms with Crippen molar-refractivity contribution in [1.29, 1.82) is 0 Å². The number of benzene rings is 1. The van der Waals surface area contributed by atoms with Gasteiger partial charge >= 0.3 is 0 Å². The number of ketones is 1. The summed E-state index contributed by atoms with van der Waals surface area (Å²) < 4.78 is 0.718. The molecule has 1 rings (SSSR count). The normalized spacial score (nSPS) is 12.3. The van der Waals surface area contributed by atoms with E-state index in [2.05, 4.69) is 0 Å². The minimum Gasteiger partial charge on any atom is -0.507 e. The summed E-state index contributed by atoms with van der Waals surface area (Å²) in [5, 5.41) is 9.54. The van der Waals surface area contributed by atoms with Gasteiger partial charge in [0.25, 0.3) is 0 Å². The van der Waals surface area contributed by atoms with Gasteiger partial charge in [0.2, 0.25) is 0 Å². The fourth-order valence-corrected chi connectivity index (χ4v) is 1.43. The first kappa shape index (κ1) is 12.1. The smallest absolute Gasteiger partial charge is 0.185 e. The molecule has 6 heteroatoms. The number of aromatic hydroxyl groups is 1. The second-order valence-electron chi connectivity index (χ2n) is 3.06. The van der Waals surface area contributed by atoms with Crippen molar-refractivity contribution in [3.63, 3.8) is 0 Å². The van der Waals surface area contributed by atoms with Gasteiger partial charge in [0.1, 0.15) is 5.75 Å². The van der Waals surface area contributed by atoms with Crippen molar-refractivity contribution in [2.75, 3.05) is 3.94 Å². The number of halogens is 2. The van der Waals surface area contributed by atoms with Crippen molar-refractivity contribution in [1.82, 2.24) is 0 Å². The Kier molecular flexibility index (Phi) is 3.79. The number of nitrogens with zero attached hydrogens (tertiary/aromatic N) is 1. The molecule has 0 bridgehead atoms. The lowest BCUT2D eigenvalue weighted by Crippen LogP contribution is -2.27. The summed E-state index contributed by atoms with van der Waals surface area (Å²) in [4.78, 5) is 11.7. The topological polar surface area (TPSA) is 66.6 Å². The average Bonchev–Trinajstić information content (AvgIpc) is 2.16. The highest BCUT2D eigenvalue weighted by Crippen LogP contribution is 2.31. The predicted molar refractivity (Wildman–Crippen MR) is 60.3 cm³/mol. The summed E-state index contributed by atoms with van der Waals surface area (Å²) in [6.07, 6.45) is 0. The summed E-state index contributed by atoms with van der Waals surface area (Å²) in [6.45, 7) is 1.52. The fraction of sp³-hybridized carbons (Fsp3) is 0.222. The first-order valence-corrected chi connectivity index (χ1v) is 4.86. The number of carbonyl (C=O) groups excluding carboxylic acids is 1. The zero-order chi connectivity index (χ0) is 11.6. The molecule has 0 aliphatic carbocycles. The third-order valence-electron chi connectivity index (χ3n) is 1.86. The average molecular weight is 249 g/mol. The molecule has 0 saturated carbocycles. The molecule has 1 aromatic carbocycles. The quantitative estimate of drug-likeness (QED) is 0.635. The maximum atomic E-state index is 11.7. The molecular formula is C9H10Cl2N2O2. The molecule has 0 aromatic heterocycles. The molecule has 0 amide bonds. The molecule has 0 aliphatic heterocycles. The third kappa shape index (κ3) is 2.53. The molecule has 4 nitrogen and oxygen atoms in total. The van der Waals surface area contributed by atoms with E-state index < -0.39 is 11.8 Å². The van der Waals surface area contributed by atoms with Crippen LogP contribution in [0, 0.1) is 0 Å². The van der Waals surface area contributed by atoms with Gasteiger partial charge in [-0.2, -0.15) is 3.94 Å². The number of hydrogen-bond donors (Lipinski definition) is 2.